The molecule has 4 heteroatoms. The van der Waals surface area contributed by atoms with Gasteiger partial charge in [-0.05, 0) is 19.8 Å². The van der Waals surface area contributed by atoms with Gasteiger partial charge in [0.2, 0.25) is 0 Å². The van der Waals surface area contributed by atoms with Crippen LogP contribution in [0.1, 0.15) is 39.0 Å². The minimum absolute atomic E-state index is 0.319. The Bertz CT molecular complexity index is 196. The quantitative estimate of drug-likeness (QED) is 0.718. The van der Waals surface area contributed by atoms with Crippen molar-refractivity contribution in [3.05, 3.63) is 0 Å². The number of hydrogen-bond acceptors (Lipinski definition) is 3. The lowest BCUT2D eigenvalue weighted by Crippen LogP contribution is -2.50. The first-order chi connectivity index (χ1) is 6.60. The molecule has 0 aromatic carbocycles. The molecule has 1 aliphatic rings. The lowest BCUT2D eigenvalue weighted by Gasteiger charge is -2.36. The second-order valence-corrected chi connectivity index (χ2v) is 3.84. The van der Waals surface area contributed by atoms with Crippen molar-refractivity contribution in [2.75, 3.05) is 6.61 Å². The van der Waals surface area contributed by atoms with E-state index in [0.29, 0.717) is 19.4 Å². The van der Waals surface area contributed by atoms with Crippen molar-refractivity contribution in [3.63, 3.8) is 0 Å². The van der Waals surface area contributed by atoms with Crippen molar-refractivity contribution in [2.24, 2.45) is 0 Å². The summed E-state index contributed by atoms with van der Waals surface area (Å²) < 4.78 is 5.10. The van der Waals surface area contributed by atoms with E-state index in [-0.39, 0.29) is 0 Å². The van der Waals surface area contributed by atoms with E-state index < -0.39 is 17.7 Å². The fourth-order valence-electron chi connectivity index (χ4n) is 2.05. The maximum atomic E-state index is 10.9. The van der Waals surface area contributed by atoms with E-state index in [9.17, 15) is 9.90 Å². The molecule has 1 unspecified atom stereocenters. The number of carboxylic acids is 1. The fourth-order valence-corrected chi connectivity index (χ4v) is 2.05. The zero-order valence-corrected chi connectivity index (χ0v) is 8.53. The van der Waals surface area contributed by atoms with Crippen LogP contribution in [0.4, 0.5) is 0 Å². The van der Waals surface area contributed by atoms with E-state index in [4.69, 9.17) is 9.84 Å². The van der Waals surface area contributed by atoms with Crippen LogP contribution in [-0.4, -0.2) is 34.5 Å². The maximum absolute atomic E-state index is 10.9. The van der Waals surface area contributed by atoms with Crippen molar-refractivity contribution in [1.29, 1.82) is 0 Å². The van der Waals surface area contributed by atoms with Crippen LogP contribution < -0.4 is 0 Å². The van der Waals surface area contributed by atoms with E-state index in [1.807, 2.05) is 0 Å². The number of aliphatic hydroxyl groups is 1. The second kappa shape index (κ2) is 4.75. The monoisotopic (exact) mass is 202 g/mol. The summed E-state index contributed by atoms with van der Waals surface area (Å²) in [5.41, 5.74) is -1.15. The van der Waals surface area contributed by atoms with Crippen molar-refractivity contribution >= 4 is 5.97 Å². The SMILES string of the molecule is CCOC(C(=O)O)C1(O)CCCCC1. The Kier molecular flexibility index (Phi) is 3.89. The molecule has 0 heterocycles. The molecule has 0 saturated heterocycles. The topological polar surface area (TPSA) is 66.8 Å². The van der Waals surface area contributed by atoms with Crippen LogP contribution in [0.5, 0.6) is 0 Å². The highest BCUT2D eigenvalue weighted by Gasteiger charge is 2.42. The number of rotatable bonds is 4. The molecular weight excluding hydrogens is 184 g/mol. The number of hydrogen-bond donors (Lipinski definition) is 2. The minimum atomic E-state index is -1.15. The number of ether oxygens (including phenoxy) is 1. The first kappa shape index (κ1) is 11.5. The Morgan fingerprint density at radius 2 is 2.00 bits per heavy atom. The largest absolute Gasteiger partial charge is 0.479 e. The van der Waals surface area contributed by atoms with E-state index in [1.54, 1.807) is 6.92 Å². The van der Waals surface area contributed by atoms with Crippen LogP contribution >= 0.6 is 0 Å². The molecule has 1 atom stereocenters. The molecule has 0 amide bonds. The molecule has 0 bridgehead atoms. The maximum Gasteiger partial charge on any atom is 0.335 e. The molecule has 1 aliphatic carbocycles. The minimum Gasteiger partial charge on any atom is -0.479 e. The summed E-state index contributed by atoms with van der Waals surface area (Å²) in [4.78, 5) is 10.9. The van der Waals surface area contributed by atoms with Gasteiger partial charge in [-0.3, -0.25) is 0 Å². The summed E-state index contributed by atoms with van der Waals surface area (Å²) in [6.45, 7) is 2.06. The summed E-state index contributed by atoms with van der Waals surface area (Å²) >= 11 is 0. The van der Waals surface area contributed by atoms with Crippen molar-refractivity contribution in [3.8, 4) is 0 Å². The average Bonchev–Trinajstić information content (AvgIpc) is 2.14. The van der Waals surface area contributed by atoms with Gasteiger partial charge < -0.3 is 14.9 Å². The predicted octanol–water partition coefficient (Wildman–Crippen LogP) is 1.17. The standard InChI is InChI=1S/C10H18O4/c1-2-14-8(9(11)12)10(13)6-4-3-5-7-10/h8,13H,2-7H2,1H3,(H,11,12). The third-order valence-corrected chi connectivity index (χ3v) is 2.77. The highest BCUT2D eigenvalue weighted by molar-refractivity contribution is 5.74. The highest BCUT2D eigenvalue weighted by Crippen LogP contribution is 2.32. The van der Waals surface area contributed by atoms with Gasteiger partial charge in [0.05, 0.1) is 0 Å². The molecule has 2 N–H and O–H groups in total. The van der Waals surface area contributed by atoms with Gasteiger partial charge in [-0.1, -0.05) is 19.3 Å². The summed E-state index contributed by atoms with van der Waals surface area (Å²) in [7, 11) is 0. The number of carboxylic acid groups (broad SMARTS) is 1. The Morgan fingerprint density at radius 1 is 1.43 bits per heavy atom. The van der Waals surface area contributed by atoms with Gasteiger partial charge in [0.15, 0.2) is 6.10 Å². The van der Waals surface area contributed by atoms with Crippen molar-refractivity contribution in [2.45, 2.75) is 50.7 Å². The van der Waals surface area contributed by atoms with E-state index in [2.05, 4.69) is 0 Å². The van der Waals surface area contributed by atoms with Crippen molar-refractivity contribution < 1.29 is 19.7 Å². The zero-order valence-electron chi connectivity index (χ0n) is 8.53. The predicted molar refractivity (Wildman–Crippen MR) is 51.1 cm³/mol. The van der Waals surface area contributed by atoms with Gasteiger partial charge in [0.1, 0.15) is 5.60 Å². The molecule has 14 heavy (non-hydrogen) atoms. The molecule has 0 aromatic rings. The molecule has 0 aliphatic heterocycles. The van der Waals surface area contributed by atoms with Gasteiger partial charge in [-0.15, -0.1) is 0 Å². The van der Waals surface area contributed by atoms with Crippen LogP contribution in [0.25, 0.3) is 0 Å². The van der Waals surface area contributed by atoms with E-state index in [0.717, 1.165) is 19.3 Å². The van der Waals surface area contributed by atoms with Crippen LogP contribution in [-0.2, 0) is 9.53 Å². The fraction of sp³-hybridized carbons (Fsp3) is 0.900. The van der Waals surface area contributed by atoms with Gasteiger partial charge in [0, 0.05) is 6.61 Å². The molecule has 1 rings (SSSR count). The number of carbonyl (C=O) groups is 1. The summed E-state index contributed by atoms with van der Waals surface area (Å²) in [5.74, 6) is -1.06. The van der Waals surface area contributed by atoms with Gasteiger partial charge >= 0.3 is 5.97 Å². The third kappa shape index (κ3) is 2.45. The average molecular weight is 202 g/mol. The van der Waals surface area contributed by atoms with Crippen LogP contribution in [0, 0.1) is 0 Å². The summed E-state index contributed by atoms with van der Waals surface area (Å²) in [6.07, 6.45) is 2.84. The first-order valence-electron chi connectivity index (χ1n) is 5.17. The normalized spacial score (nSPS) is 23.0. The highest BCUT2D eigenvalue weighted by atomic mass is 16.5. The lowest BCUT2D eigenvalue weighted by molar-refractivity contribution is -0.175. The van der Waals surface area contributed by atoms with Crippen molar-refractivity contribution in [1.82, 2.24) is 0 Å². The molecule has 0 aromatic heterocycles. The Hall–Kier alpha value is -0.610. The summed E-state index contributed by atoms with van der Waals surface area (Å²) in [5, 5.41) is 19.1. The summed E-state index contributed by atoms with van der Waals surface area (Å²) in [6, 6.07) is 0. The molecule has 0 radical (unpaired) electrons. The van der Waals surface area contributed by atoms with Gasteiger partial charge in [-0.2, -0.15) is 0 Å². The molecule has 0 spiro atoms. The second-order valence-electron chi connectivity index (χ2n) is 3.84. The van der Waals surface area contributed by atoms with Gasteiger partial charge in [0.25, 0.3) is 0 Å². The number of aliphatic carboxylic acids is 1. The van der Waals surface area contributed by atoms with E-state index in [1.165, 1.54) is 0 Å². The molecule has 1 fully saturated rings. The zero-order chi connectivity index (χ0) is 10.6. The smallest absolute Gasteiger partial charge is 0.335 e. The molecular formula is C10H18O4. The third-order valence-electron chi connectivity index (χ3n) is 2.77. The van der Waals surface area contributed by atoms with E-state index >= 15 is 0 Å². The first-order valence-corrected chi connectivity index (χ1v) is 5.17. The lowest BCUT2D eigenvalue weighted by atomic mass is 9.80. The van der Waals surface area contributed by atoms with Crippen LogP contribution in [0.3, 0.4) is 0 Å². The Balaban J connectivity index is 2.68. The van der Waals surface area contributed by atoms with Crippen LogP contribution in [0.2, 0.25) is 0 Å². The molecule has 4 nitrogen and oxygen atoms in total. The molecule has 82 valence electrons. The van der Waals surface area contributed by atoms with Crippen LogP contribution in [0.15, 0.2) is 0 Å². The molecule has 1 saturated carbocycles. The van der Waals surface area contributed by atoms with Gasteiger partial charge in [-0.25, -0.2) is 4.79 Å². The Labute approximate surface area is 83.9 Å². The Morgan fingerprint density at radius 3 is 2.43 bits per heavy atom.